The number of aromatic carboxylic acids is 1. The second-order valence-corrected chi connectivity index (χ2v) is 6.99. The normalized spacial score (nSPS) is 10.8. The SMILES string of the molecule is O=C(O)c1ccccc1-c1nc2ccc(Oc3ccc(-c4ccccc4)cc3)cc2o1. The smallest absolute Gasteiger partial charge is 0.336 e. The van der Waals surface area contributed by atoms with Gasteiger partial charge in [-0.15, -0.1) is 0 Å². The Labute approximate surface area is 178 Å². The lowest BCUT2D eigenvalue weighted by atomic mass is 10.1. The molecule has 1 heterocycles. The quantitative estimate of drug-likeness (QED) is 0.353. The molecule has 0 saturated carbocycles. The minimum atomic E-state index is -1.03. The van der Waals surface area contributed by atoms with Crippen LogP contribution in [0.2, 0.25) is 0 Å². The highest BCUT2D eigenvalue weighted by Crippen LogP contribution is 2.31. The maximum Gasteiger partial charge on any atom is 0.336 e. The van der Waals surface area contributed by atoms with E-state index in [2.05, 4.69) is 17.1 Å². The van der Waals surface area contributed by atoms with Crippen molar-refractivity contribution in [1.82, 2.24) is 4.98 Å². The second kappa shape index (κ2) is 7.80. The Morgan fingerprint density at radius 1 is 0.774 bits per heavy atom. The predicted octanol–water partition coefficient (Wildman–Crippen LogP) is 6.65. The van der Waals surface area contributed by atoms with Gasteiger partial charge < -0.3 is 14.3 Å². The number of rotatable bonds is 5. The van der Waals surface area contributed by atoms with Crippen LogP contribution < -0.4 is 4.74 Å². The van der Waals surface area contributed by atoms with Gasteiger partial charge in [0.15, 0.2) is 5.58 Å². The molecule has 0 spiro atoms. The zero-order chi connectivity index (χ0) is 21.2. The van der Waals surface area contributed by atoms with Gasteiger partial charge >= 0.3 is 5.97 Å². The monoisotopic (exact) mass is 407 g/mol. The zero-order valence-electron chi connectivity index (χ0n) is 16.4. The molecule has 5 rings (SSSR count). The van der Waals surface area contributed by atoms with E-state index in [0.717, 1.165) is 11.1 Å². The Hall–Kier alpha value is -4.38. The highest BCUT2D eigenvalue weighted by Gasteiger charge is 2.16. The molecular weight excluding hydrogens is 390 g/mol. The fourth-order valence-corrected chi connectivity index (χ4v) is 3.42. The lowest BCUT2D eigenvalue weighted by Gasteiger charge is -2.07. The van der Waals surface area contributed by atoms with Crippen LogP contribution >= 0.6 is 0 Å². The summed E-state index contributed by atoms with van der Waals surface area (Å²) in [5.74, 6) is 0.544. The first-order valence-electron chi connectivity index (χ1n) is 9.74. The Bertz CT molecular complexity index is 1370. The van der Waals surface area contributed by atoms with Gasteiger partial charge in [-0.1, -0.05) is 54.6 Å². The molecule has 0 aliphatic rings. The van der Waals surface area contributed by atoms with E-state index in [-0.39, 0.29) is 11.5 Å². The van der Waals surface area contributed by atoms with Crippen LogP contribution in [-0.2, 0) is 0 Å². The van der Waals surface area contributed by atoms with Gasteiger partial charge in [-0.2, -0.15) is 0 Å². The van der Waals surface area contributed by atoms with E-state index in [1.165, 1.54) is 6.07 Å². The van der Waals surface area contributed by atoms with Gasteiger partial charge in [0.1, 0.15) is 17.0 Å². The van der Waals surface area contributed by atoms with Crippen molar-refractivity contribution in [2.75, 3.05) is 0 Å². The molecule has 0 saturated heterocycles. The molecule has 0 aliphatic heterocycles. The Kier molecular flexibility index (Phi) is 4.69. The number of aromatic nitrogens is 1. The Balaban J connectivity index is 1.41. The molecule has 150 valence electrons. The largest absolute Gasteiger partial charge is 0.478 e. The molecule has 1 aromatic heterocycles. The maximum atomic E-state index is 11.5. The third kappa shape index (κ3) is 3.76. The topological polar surface area (TPSA) is 72.6 Å². The molecule has 5 aromatic rings. The number of hydrogen-bond acceptors (Lipinski definition) is 4. The first-order chi connectivity index (χ1) is 15.2. The van der Waals surface area contributed by atoms with Gasteiger partial charge in [0.25, 0.3) is 0 Å². The molecule has 1 N–H and O–H groups in total. The summed E-state index contributed by atoms with van der Waals surface area (Å²) in [7, 11) is 0. The Morgan fingerprint density at radius 3 is 2.23 bits per heavy atom. The second-order valence-electron chi connectivity index (χ2n) is 6.99. The number of hydrogen-bond donors (Lipinski definition) is 1. The molecule has 0 fully saturated rings. The number of oxazole rings is 1. The van der Waals surface area contributed by atoms with Crippen molar-refractivity contribution in [1.29, 1.82) is 0 Å². The number of ether oxygens (including phenoxy) is 1. The van der Waals surface area contributed by atoms with Gasteiger partial charge in [-0.05, 0) is 47.5 Å². The highest BCUT2D eigenvalue weighted by molar-refractivity contribution is 5.95. The van der Waals surface area contributed by atoms with Crippen molar-refractivity contribution in [3.63, 3.8) is 0 Å². The van der Waals surface area contributed by atoms with E-state index >= 15 is 0 Å². The average Bonchev–Trinajstić information content (AvgIpc) is 3.23. The minimum Gasteiger partial charge on any atom is -0.478 e. The third-order valence-electron chi connectivity index (χ3n) is 4.94. The standard InChI is InChI=1S/C26H17NO4/c28-26(29)22-9-5-4-8-21(22)25-27-23-15-14-20(16-24(23)31-25)30-19-12-10-18(11-13-19)17-6-2-1-3-7-17/h1-16H,(H,28,29). The number of benzene rings is 4. The van der Waals surface area contributed by atoms with E-state index in [1.807, 2.05) is 48.5 Å². The van der Waals surface area contributed by atoms with Crippen LogP contribution in [0.3, 0.4) is 0 Å². The fraction of sp³-hybridized carbons (Fsp3) is 0. The summed E-state index contributed by atoms with van der Waals surface area (Å²) in [5.41, 5.74) is 3.98. The number of nitrogens with zero attached hydrogens (tertiary/aromatic N) is 1. The van der Waals surface area contributed by atoms with Gasteiger partial charge in [-0.3, -0.25) is 0 Å². The van der Waals surface area contributed by atoms with Crippen LogP contribution in [0.25, 0.3) is 33.7 Å². The molecule has 0 bridgehead atoms. The molecule has 0 atom stereocenters. The molecule has 5 heteroatoms. The molecule has 0 amide bonds. The van der Waals surface area contributed by atoms with Gasteiger partial charge in [0.05, 0.1) is 11.1 Å². The summed E-state index contributed by atoms with van der Waals surface area (Å²) in [6.07, 6.45) is 0. The number of carboxylic acids is 1. The van der Waals surface area contributed by atoms with Gasteiger partial charge in [0.2, 0.25) is 5.89 Å². The van der Waals surface area contributed by atoms with Crippen molar-refractivity contribution in [3.05, 3.63) is 103 Å². The summed E-state index contributed by atoms with van der Waals surface area (Å²) in [6, 6.07) is 30.0. The lowest BCUT2D eigenvalue weighted by Crippen LogP contribution is -1.98. The summed E-state index contributed by atoms with van der Waals surface area (Å²) in [6.45, 7) is 0. The van der Waals surface area contributed by atoms with E-state index in [1.54, 1.807) is 30.3 Å². The summed E-state index contributed by atoms with van der Waals surface area (Å²) in [5, 5.41) is 9.41. The lowest BCUT2D eigenvalue weighted by molar-refractivity contribution is 0.0697. The van der Waals surface area contributed by atoms with Crippen molar-refractivity contribution >= 4 is 17.1 Å². The first-order valence-corrected chi connectivity index (χ1v) is 9.74. The Morgan fingerprint density at radius 2 is 1.45 bits per heavy atom. The summed E-state index contributed by atoms with van der Waals surface area (Å²) < 4.78 is 11.8. The maximum absolute atomic E-state index is 11.5. The van der Waals surface area contributed by atoms with E-state index in [4.69, 9.17) is 9.15 Å². The fourth-order valence-electron chi connectivity index (χ4n) is 3.42. The van der Waals surface area contributed by atoms with E-state index < -0.39 is 5.97 Å². The van der Waals surface area contributed by atoms with E-state index in [9.17, 15) is 9.90 Å². The zero-order valence-corrected chi connectivity index (χ0v) is 16.4. The number of fused-ring (bicyclic) bond motifs is 1. The van der Waals surface area contributed by atoms with E-state index in [0.29, 0.717) is 28.2 Å². The van der Waals surface area contributed by atoms with Crippen LogP contribution in [0.4, 0.5) is 0 Å². The van der Waals surface area contributed by atoms with Crippen molar-refractivity contribution < 1.29 is 19.1 Å². The number of carbonyl (C=O) groups is 1. The first kappa shape index (κ1) is 18.6. The molecule has 31 heavy (non-hydrogen) atoms. The van der Waals surface area contributed by atoms with Crippen molar-refractivity contribution in [2.24, 2.45) is 0 Å². The van der Waals surface area contributed by atoms with Crippen LogP contribution in [0, 0.1) is 0 Å². The van der Waals surface area contributed by atoms with Crippen LogP contribution in [0.15, 0.2) is 101 Å². The van der Waals surface area contributed by atoms with Crippen LogP contribution in [0.5, 0.6) is 11.5 Å². The van der Waals surface area contributed by atoms with Gasteiger partial charge in [-0.25, -0.2) is 9.78 Å². The minimum absolute atomic E-state index is 0.143. The average molecular weight is 407 g/mol. The molecule has 4 aromatic carbocycles. The number of carboxylic acid groups (broad SMARTS) is 1. The molecule has 5 nitrogen and oxygen atoms in total. The van der Waals surface area contributed by atoms with Gasteiger partial charge in [0, 0.05) is 6.07 Å². The summed E-state index contributed by atoms with van der Waals surface area (Å²) >= 11 is 0. The molecular formula is C26H17NO4. The van der Waals surface area contributed by atoms with Crippen molar-refractivity contribution in [3.8, 4) is 34.1 Å². The molecule has 0 unspecified atom stereocenters. The van der Waals surface area contributed by atoms with Crippen molar-refractivity contribution in [2.45, 2.75) is 0 Å². The molecule has 0 aliphatic carbocycles. The van der Waals surface area contributed by atoms with Crippen LogP contribution in [-0.4, -0.2) is 16.1 Å². The molecule has 0 radical (unpaired) electrons. The third-order valence-corrected chi connectivity index (χ3v) is 4.94. The van der Waals surface area contributed by atoms with Crippen LogP contribution in [0.1, 0.15) is 10.4 Å². The predicted molar refractivity (Wildman–Crippen MR) is 118 cm³/mol. The highest BCUT2D eigenvalue weighted by atomic mass is 16.5. The summed E-state index contributed by atoms with van der Waals surface area (Å²) in [4.78, 5) is 15.9.